The summed E-state index contributed by atoms with van der Waals surface area (Å²) in [5, 5.41) is 3.06. The number of sulfonamides is 1. The van der Waals surface area contributed by atoms with Crippen LogP contribution in [0.2, 0.25) is 0 Å². The monoisotopic (exact) mass is 390 g/mol. The first-order valence-corrected chi connectivity index (χ1v) is 7.46. The Kier molecular flexibility index (Phi) is 6.34. The van der Waals surface area contributed by atoms with Gasteiger partial charge in [0.05, 0.1) is 6.26 Å². The van der Waals surface area contributed by atoms with Gasteiger partial charge in [-0.15, -0.1) is 24.0 Å². The Bertz CT molecular complexity index is 397. The Morgan fingerprint density at radius 3 is 2.33 bits per heavy atom. The van der Waals surface area contributed by atoms with Crippen LogP contribution in [-0.2, 0) is 10.0 Å². The normalized spacial score (nSPS) is 19.0. The van der Waals surface area contributed by atoms with E-state index < -0.39 is 10.0 Å². The molecule has 0 saturated carbocycles. The summed E-state index contributed by atoms with van der Waals surface area (Å²) in [5.41, 5.74) is 5.61. The molecular weight excluding hydrogens is 367 g/mol. The fourth-order valence-corrected chi connectivity index (χ4v) is 2.52. The molecule has 1 rings (SSSR count). The lowest BCUT2D eigenvalue weighted by molar-refractivity contribution is 0.209. The van der Waals surface area contributed by atoms with E-state index in [9.17, 15) is 8.42 Å². The minimum Gasteiger partial charge on any atom is -0.370 e. The fraction of sp³-hybridized carbons (Fsp3) is 0.900. The van der Waals surface area contributed by atoms with Gasteiger partial charge in [-0.05, 0) is 20.8 Å². The van der Waals surface area contributed by atoms with E-state index in [-0.39, 0.29) is 35.4 Å². The highest BCUT2D eigenvalue weighted by atomic mass is 127. The molecule has 1 aliphatic rings. The van der Waals surface area contributed by atoms with Crippen molar-refractivity contribution in [3.8, 4) is 0 Å². The zero-order valence-corrected chi connectivity index (χ0v) is 14.5. The highest BCUT2D eigenvalue weighted by Gasteiger charge is 2.32. The molecule has 108 valence electrons. The summed E-state index contributed by atoms with van der Waals surface area (Å²) >= 11 is 0. The lowest BCUT2D eigenvalue weighted by Crippen LogP contribution is -2.51. The van der Waals surface area contributed by atoms with Gasteiger partial charge in [-0.1, -0.05) is 0 Å². The largest absolute Gasteiger partial charge is 0.370 e. The molecule has 1 heterocycles. The third-order valence-corrected chi connectivity index (χ3v) is 3.65. The molecular formula is C10H23IN4O2S. The van der Waals surface area contributed by atoms with Crippen molar-refractivity contribution in [1.82, 2.24) is 9.62 Å². The van der Waals surface area contributed by atoms with Crippen LogP contribution >= 0.6 is 24.0 Å². The average Bonchev–Trinajstić information content (AvgIpc) is 1.93. The maximum Gasteiger partial charge on any atom is 0.211 e. The zero-order chi connectivity index (χ0) is 13.3. The molecule has 18 heavy (non-hydrogen) atoms. The van der Waals surface area contributed by atoms with Gasteiger partial charge in [0, 0.05) is 31.1 Å². The van der Waals surface area contributed by atoms with Gasteiger partial charge in [0.1, 0.15) is 0 Å². The molecule has 0 aromatic carbocycles. The van der Waals surface area contributed by atoms with Crippen LogP contribution < -0.4 is 11.1 Å². The number of nitrogens with two attached hydrogens (primary N) is 1. The summed E-state index contributed by atoms with van der Waals surface area (Å²) in [6.45, 7) is 7.68. The molecule has 0 unspecified atom stereocenters. The third-order valence-electron chi connectivity index (χ3n) is 2.42. The van der Waals surface area contributed by atoms with Crippen LogP contribution in [0.1, 0.15) is 20.8 Å². The number of halogens is 1. The molecule has 1 fully saturated rings. The molecule has 0 aromatic heterocycles. The van der Waals surface area contributed by atoms with Crippen LogP contribution in [-0.4, -0.2) is 50.1 Å². The van der Waals surface area contributed by atoms with Gasteiger partial charge in [0.15, 0.2) is 5.96 Å². The number of rotatable bonds is 3. The summed E-state index contributed by atoms with van der Waals surface area (Å²) in [6.07, 6.45) is 1.22. The molecule has 6 nitrogen and oxygen atoms in total. The first-order valence-electron chi connectivity index (χ1n) is 5.61. The van der Waals surface area contributed by atoms with Crippen molar-refractivity contribution >= 4 is 40.0 Å². The molecule has 1 aliphatic heterocycles. The molecule has 1 saturated heterocycles. The summed E-state index contributed by atoms with van der Waals surface area (Å²) in [5.74, 6) is 0.695. The van der Waals surface area contributed by atoms with Crippen molar-refractivity contribution in [3.63, 3.8) is 0 Å². The second kappa shape index (κ2) is 6.38. The molecule has 0 atom stereocenters. The summed E-state index contributed by atoms with van der Waals surface area (Å²) < 4.78 is 23.7. The SMILES string of the molecule is CC(C)(C)NC(N)=NCC1CN(S(C)(=O)=O)C1.I. The number of hydrogen-bond donors (Lipinski definition) is 2. The summed E-state index contributed by atoms with van der Waals surface area (Å²) in [7, 11) is -3.03. The molecule has 8 heteroatoms. The number of aliphatic imine (C=N–C) groups is 1. The minimum absolute atomic E-state index is 0. The maximum atomic E-state index is 11.1. The van der Waals surface area contributed by atoms with E-state index in [4.69, 9.17) is 5.73 Å². The predicted octanol–water partition coefficient (Wildman–Crippen LogP) is 0.199. The third kappa shape index (κ3) is 6.19. The van der Waals surface area contributed by atoms with Gasteiger partial charge < -0.3 is 11.1 Å². The zero-order valence-electron chi connectivity index (χ0n) is 11.3. The van der Waals surface area contributed by atoms with Crippen molar-refractivity contribution in [2.24, 2.45) is 16.6 Å². The smallest absolute Gasteiger partial charge is 0.211 e. The maximum absolute atomic E-state index is 11.1. The van der Waals surface area contributed by atoms with Crippen LogP contribution in [0.15, 0.2) is 4.99 Å². The van der Waals surface area contributed by atoms with E-state index in [2.05, 4.69) is 10.3 Å². The van der Waals surface area contributed by atoms with Gasteiger partial charge >= 0.3 is 0 Å². The van der Waals surface area contributed by atoms with Crippen molar-refractivity contribution in [2.75, 3.05) is 25.9 Å². The topological polar surface area (TPSA) is 87.8 Å². The number of hydrogen-bond acceptors (Lipinski definition) is 3. The quantitative estimate of drug-likeness (QED) is 0.410. The highest BCUT2D eigenvalue weighted by molar-refractivity contribution is 14.0. The van der Waals surface area contributed by atoms with E-state index in [0.29, 0.717) is 25.6 Å². The molecule has 0 bridgehead atoms. The first-order chi connectivity index (χ1) is 7.58. The molecule has 3 N–H and O–H groups in total. The second-order valence-corrected chi connectivity index (χ2v) is 7.53. The summed E-state index contributed by atoms with van der Waals surface area (Å²) in [4.78, 5) is 4.21. The number of guanidine groups is 1. The van der Waals surface area contributed by atoms with E-state index in [0.717, 1.165) is 0 Å². The lowest BCUT2D eigenvalue weighted by Gasteiger charge is -2.36. The average molecular weight is 390 g/mol. The van der Waals surface area contributed by atoms with Crippen LogP contribution in [0.4, 0.5) is 0 Å². The van der Waals surface area contributed by atoms with Crippen LogP contribution in [0.25, 0.3) is 0 Å². The molecule has 0 amide bonds. The van der Waals surface area contributed by atoms with Crippen LogP contribution in [0.3, 0.4) is 0 Å². The van der Waals surface area contributed by atoms with Crippen LogP contribution in [0, 0.1) is 5.92 Å². The van der Waals surface area contributed by atoms with Crippen molar-refractivity contribution in [3.05, 3.63) is 0 Å². The minimum atomic E-state index is -3.03. The first kappa shape index (κ1) is 17.9. The van der Waals surface area contributed by atoms with Crippen molar-refractivity contribution in [2.45, 2.75) is 26.3 Å². The van der Waals surface area contributed by atoms with Gasteiger partial charge in [-0.3, -0.25) is 4.99 Å². The fourth-order valence-electron chi connectivity index (χ4n) is 1.56. The Morgan fingerprint density at radius 1 is 1.44 bits per heavy atom. The summed E-state index contributed by atoms with van der Waals surface area (Å²) in [6, 6.07) is 0. The lowest BCUT2D eigenvalue weighted by atomic mass is 10.0. The number of nitrogens with one attached hydrogen (secondary N) is 1. The van der Waals surface area contributed by atoms with Gasteiger partial charge in [0.2, 0.25) is 10.0 Å². The molecule has 0 aliphatic carbocycles. The Labute approximate surface area is 126 Å². The Balaban J connectivity index is 0.00000289. The molecule has 0 radical (unpaired) electrons. The van der Waals surface area contributed by atoms with E-state index in [1.807, 2.05) is 20.8 Å². The molecule has 0 spiro atoms. The Hall–Kier alpha value is -0.0900. The van der Waals surface area contributed by atoms with Gasteiger partial charge in [-0.2, -0.15) is 0 Å². The van der Waals surface area contributed by atoms with Crippen molar-refractivity contribution in [1.29, 1.82) is 0 Å². The van der Waals surface area contributed by atoms with E-state index in [1.54, 1.807) is 0 Å². The van der Waals surface area contributed by atoms with Gasteiger partial charge in [0.25, 0.3) is 0 Å². The van der Waals surface area contributed by atoms with Gasteiger partial charge in [-0.25, -0.2) is 12.7 Å². The molecule has 0 aromatic rings. The Morgan fingerprint density at radius 2 is 1.94 bits per heavy atom. The van der Waals surface area contributed by atoms with E-state index in [1.165, 1.54) is 10.6 Å². The highest BCUT2D eigenvalue weighted by Crippen LogP contribution is 2.18. The standard InChI is InChI=1S/C10H22N4O2S.HI/c1-10(2,3)13-9(11)12-5-8-6-14(7-8)17(4,15)16;/h8H,5-7H2,1-4H3,(H3,11,12,13);1H. The van der Waals surface area contributed by atoms with E-state index >= 15 is 0 Å². The van der Waals surface area contributed by atoms with Crippen molar-refractivity contribution < 1.29 is 8.42 Å². The predicted molar refractivity (Wildman–Crippen MR) is 84.7 cm³/mol. The van der Waals surface area contributed by atoms with Crippen LogP contribution in [0.5, 0.6) is 0 Å². The second-order valence-electron chi connectivity index (χ2n) is 5.55. The number of nitrogens with zero attached hydrogens (tertiary/aromatic N) is 2.